The number of amides is 1. The van der Waals surface area contributed by atoms with E-state index in [2.05, 4.69) is 6.58 Å². The smallest absolute Gasteiger partial charge is 0.313 e. The number of carbonyl (C=O) groups is 3. The number of rotatable bonds is 7. The van der Waals surface area contributed by atoms with E-state index in [0.29, 0.717) is 12.0 Å². The Labute approximate surface area is 100 Å². The fourth-order valence-electron chi connectivity index (χ4n) is 1.18. The van der Waals surface area contributed by atoms with Crippen LogP contribution in [0.1, 0.15) is 26.7 Å². The minimum absolute atomic E-state index is 0.271. The second kappa shape index (κ2) is 7.38. The Hall–Kier alpha value is -1.91. The standard InChI is InChI=1S/C12H17NO4/c1-4-5-10(12(13)16)7-9(3)17-11(15)6-8(2)14/h4,7,9H,1,5-6H2,2-3H3,(H2,13,16). The number of primary amides is 1. The number of allylic oxidation sites excluding steroid dienone is 1. The summed E-state index contributed by atoms with van der Waals surface area (Å²) in [4.78, 5) is 32.8. The van der Waals surface area contributed by atoms with Gasteiger partial charge >= 0.3 is 5.97 Å². The Kier molecular flexibility index (Phi) is 6.55. The van der Waals surface area contributed by atoms with Gasteiger partial charge in [-0.25, -0.2) is 0 Å². The van der Waals surface area contributed by atoms with Crippen molar-refractivity contribution in [1.29, 1.82) is 0 Å². The minimum Gasteiger partial charge on any atom is -0.458 e. The van der Waals surface area contributed by atoms with Crippen molar-refractivity contribution in [2.45, 2.75) is 32.8 Å². The van der Waals surface area contributed by atoms with E-state index in [1.807, 2.05) is 0 Å². The first-order valence-corrected chi connectivity index (χ1v) is 5.17. The first-order valence-electron chi connectivity index (χ1n) is 5.17. The Bertz CT molecular complexity index is 358. The van der Waals surface area contributed by atoms with Crippen LogP contribution in [0, 0.1) is 0 Å². The van der Waals surface area contributed by atoms with Crippen LogP contribution in [0.3, 0.4) is 0 Å². The van der Waals surface area contributed by atoms with Crippen LogP contribution in [-0.2, 0) is 19.1 Å². The van der Waals surface area contributed by atoms with Crippen molar-refractivity contribution < 1.29 is 19.1 Å². The molecule has 2 N–H and O–H groups in total. The maximum atomic E-state index is 11.2. The van der Waals surface area contributed by atoms with E-state index in [9.17, 15) is 14.4 Å². The molecule has 0 aromatic carbocycles. The van der Waals surface area contributed by atoms with Crippen molar-refractivity contribution in [3.63, 3.8) is 0 Å². The topological polar surface area (TPSA) is 86.5 Å². The summed E-state index contributed by atoms with van der Waals surface area (Å²) in [5.74, 6) is -1.48. The third kappa shape index (κ3) is 7.05. The summed E-state index contributed by atoms with van der Waals surface area (Å²) in [5.41, 5.74) is 5.46. The second-order valence-electron chi connectivity index (χ2n) is 3.62. The van der Waals surface area contributed by atoms with Gasteiger partial charge in [-0.05, 0) is 26.3 Å². The number of Topliss-reactive ketones (excluding diaryl/α,β-unsaturated/α-hetero) is 1. The highest BCUT2D eigenvalue weighted by Gasteiger charge is 2.12. The highest BCUT2D eigenvalue weighted by atomic mass is 16.5. The number of carbonyl (C=O) groups excluding carboxylic acids is 3. The fraction of sp³-hybridized carbons (Fsp3) is 0.417. The van der Waals surface area contributed by atoms with Crippen LogP contribution in [0.25, 0.3) is 0 Å². The molecule has 94 valence electrons. The van der Waals surface area contributed by atoms with Gasteiger partial charge in [-0.3, -0.25) is 14.4 Å². The van der Waals surface area contributed by atoms with Gasteiger partial charge in [-0.15, -0.1) is 6.58 Å². The zero-order valence-electron chi connectivity index (χ0n) is 10.1. The average Bonchev–Trinajstić information content (AvgIpc) is 2.14. The Morgan fingerprint density at radius 1 is 1.41 bits per heavy atom. The summed E-state index contributed by atoms with van der Waals surface area (Å²) in [5, 5.41) is 0. The number of ketones is 1. The van der Waals surface area contributed by atoms with E-state index in [1.54, 1.807) is 6.92 Å². The molecule has 1 unspecified atom stereocenters. The van der Waals surface area contributed by atoms with E-state index in [0.717, 1.165) is 0 Å². The Morgan fingerprint density at radius 3 is 2.41 bits per heavy atom. The van der Waals surface area contributed by atoms with Gasteiger partial charge in [0.2, 0.25) is 5.91 Å². The van der Waals surface area contributed by atoms with Gasteiger partial charge in [-0.2, -0.15) is 0 Å². The second-order valence-corrected chi connectivity index (χ2v) is 3.62. The largest absolute Gasteiger partial charge is 0.458 e. The van der Waals surface area contributed by atoms with Crippen LogP contribution in [-0.4, -0.2) is 23.8 Å². The zero-order valence-corrected chi connectivity index (χ0v) is 10.1. The molecule has 0 radical (unpaired) electrons. The molecule has 1 amide bonds. The maximum absolute atomic E-state index is 11.2. The predicted molar refractivity (Wildman–Crippen MR) is 62.9 cm³/mol. The fourth-order valence-corrected chi connectivity index (χ4v) is 1.18. The van der Waals surface area contributed by atoms with Crippen molar-refractivity contribution in [2.24, 2.45) is 5.73 Å². The number of hydrogen-bond acceptors (Lipinski definition) is 4. The molecule has 0 aromatic rings. The molecule has 1 atom stereocenters. The van der Waals surface area contributed by atoms with Crippen molar-refractivity contribution >= 4 is 17.7 Å². The Morgan fingerprint density at radius 2 is 2.00 bits per heavy atom. The van der Waals surface area contributed by atoms with Crippen molar-refractivity contribution in [3.8, 4) is 0 Å². The Balaban J connectivity index is 4.48. The molecule has 0 fully saturated rings. The van der Waals surface area contributed by atoms with Crippen LogP contribution in [0.2, 0.25) is 0 Å². The lowest BCUT2D eigenvalue weighted by Crippen LogP contribution is -2.19. The molecule has 0 saturated heterocycles. The molecule has 0 aliphatic rings. The molecule has 17 heavy (non-hydrogen) atoms. The summed E-state index contributed by atoms with van der Waals surface area (Å²) in [6.07, 6.45) is 2.41. The van der Waals surface area contributed by atoms with Crippen molar-refractivity contribution in [1.82, 2.24) is 0 Å². The highest BCUT2D eigenvalue weighted by Crippen LogP contribution is 2.06. The molecule has 5 heteroatoms. The molecule has 0 spiro atoms. The van der Waals surface area contributed by atoms with E-state index in [-0.39, 0.29) is 12.2 Å². The summed E-state index contributed by atoms with van der Waals surface area (Å²) < 4.78 is 4.91. The average molecular weight is 239 g/mol. The number of esters is 1. The molecule has 0 aliphatic carbocycles. The molecular formula is C12H17NO4. The quantitative estimate of drug-likeness (QED) is 0.309. The molecule has 0 heterocycles. The highest BCUT2D eigenvalue weighted by molar-refractivity contribution is 5.94. The number of hydrogen-bond donors (Lipinski definition) is 1. The van der Waals surface area contributed by atoms with Gasteiger partial charge in [0, 0.05) is 5.57 Å². The van der Waals surface area contributed by atoms with E-state index >= 15 is 0 Å². The molecule has 0 aromatic heterocycles. The van der Waals surface area contributed by atoms with E-state index < -0.39 is 18.0 Å². The van der Waals surface area contributed by atoms with Gasteiger partial charge in [0.25, 0.3) is 0 Å². The van der Waals surface area contributed by atoms with E-state index in [4.69, 9.17) is 10.5 Å². The SMILES string of the molecule is C=CCC(=CC(C)OC(=O)CC(C)=O)C(N)=O. The summed E-state index contributed by atoms with van der Waals surface area (Å²) in [6, 6.07) is 0. The van der Waals surface area contributed by atoms with E-state index in [1.165, 1.54) is 19.1 Å². The van der Waals surface area contributed by atoms with Gasteiger partial charge < -0.3 is 10.5 Å². The monoisotopic (exact) mass is 239 g/mol. The minimum atomic E-state index is -0.622. The molecular weight excluding hydrogens is 222 g/mol. The lowest BCUT2D eigenvalue weighted by atomic mass is 10.1. The van der Waals surface area contributed by atoms with Crippen LogP contribution >= 0.6 is 0 Å². The predicted octanol–water partition coefficient (Wildman–Crippen LogP) is 0.885. The summed E-state index contributed by atoms with van der Waals surface area (Å²) in [7, 11) is 0. The van der Waals surface area contributed by atoms with Gasteiger partial charge in [0.1, 0.15) is 18.3 Å². The first-order chi connectivity index (χ1) is 7.86. The van der Waals surface area contributed by atoms with Gasteiger partial charge in [0.15, 0.2) is 0 Å². The zero-order chi connectivity index (χ0) is 13.4. The molecule has 0 bridgehead atoms. The first kappa shape index (κ1) is 15.1. The lowest BCUT2D eigenvalue weighted by Gasteiger charge is -2.10. The molecule has 0 aliphatic heterocycles. The van der Waals surface area contributed by atoms with Crippen LogP contribution < -0.4 is 5.73 Å². The normalized spacial score (nSPS) is 12.7. The van der Waals surface area contributed by atoms with Crippen LogP contribution in [0.4, 0.5) is 0 Å². The van der Waals surface area contributed by atoms with Crippen molar-refractivity contribution in [2.75, 3.05) is 0 Å². The van der Waals surface area contributed by atoms with Crippen molar-refractivity contribution in [3.05, 3.63) is 24.3 Å². The maximum Gasteiger partial charge on any atom is 0.313 e. The van der Waals surface area contributed by atoms with Gasteiger partial charge in [-0.1, -0.05) is 6.08 Å². The lowest BCUT2D eigenvalue weighted by molar-refractivity contribution is -0.148. The van der Waals surface area contributed by atoms with Gasteiger partial charge in [0.05, 0.1) is 0 Å². The molecule has 0 saturated carbocycles. The third-order valence-electron chi connectivity index (χ3n) is 1.83. The van der Waals surface area contributed by atoms with Crippen LogP contribution in [0.5, 0.6) is 0 Å². The summed E-state index contributed by atoms with van der Waals surface area (Å²) >= 11 is 0. The van der Waals surface area contributed by atoms with Crippen LogP contribution in [0.15, 0.2) is 24.3 Å². The third-order valence-corrected chi connectivity index (χ3v) is 1.83. The number of ether oxygens (including phenoxy) is 1. The molecule has 5 nitrogen and oxygen atoms in total. The summed E-state index contributed by atoms with van der Waals surface area (Å²) in [6.45, 7) is 6.38. The number of nitrogens with two attached hydrogens (primary N) is 1. The molecule has 0 rings (SSSR count).